The van der Waals surface area contributed by atoms with Crippen molar-refractivity contribution in [1.29, 1.82) is 0 Å². The Labute approximate surface area is 199 Å². The zero-order valence-electron chi connectivity index (χ0n) is 22.6. The first-order chi connectivity index (χ1) is 15.1. The Hall–Kier alpha value is -0.0400. The highest BCUT2D eigenvalue weighted by Gasteiger charge is 2.30. The largest absolute Gasteiger partial charge is 0.325 e. The lowest BCUT2D eigenvalue weighted by molar-refractivity contribution is 0.211. The summed E-state index contributed by atoms with van der Waals surface area (Å²) in [6.07, 6.45) is 33.5. The Kier molecular flexibility index (Phi) is 23.1. The SMILES string of the molecule is CCCCCCCCCCCCCCCCC(CC)C(N)(CC)CCCCCCCC. The van der Waals surface area contributed by atoms with Crippen LogP contribution >= 0.6 is 0 Å². The number of hydrogen-bond acceptors (Lipinski definition) is 1. The smallest absolute Gasteiger partial charge is 0.0180 e. The van der Waals surface area contributed by atoms with Crippen molar-refractivity contribution in [2.75, 3.05) is 0 Å². The van der Waals surface area contributed by atoms with E-state index < -0.39 is 0 Å². The van der Waals surface area contributed by atoms with Crippen molar-refractivity contribution in [3.8, 4) is 0 Å². The molecule has 0 amide bonds. The summed E-state index contributed by atoms with van der Waals surface area (Å²) in [5.41, 5.74) is 7.04. The fourth-order valence-corrected chi connectivity index (χ4v) is 5.39. The van der Waals surface area contributed by atoms with Gasteiger partial charge in [-0.2, -0.15) is 0 Å². The zero-order valence-corrected chi connectivity index (χ0v) is 22.6. The van der Waals surface area contributed by atoms with Crippen LogP contribution in [0.25, 0.3) is 0 Å². The summed E-state index contributed by atoms with van der Waals surface area (Å²) in [5.74, 6) is 0.727. The molecule has 0 aromatic carbocycles. The second-order valence-corrected chi connectivity index (χ2v) is 10.6. The predicted molar refractivity (Wildman–Crippen MR) is 144 cm³/mol. The standard InChI is InChI=1S/C30H63N/c1-5-9-11-13-15-16-17-18-19-20-21-22-23-25-27-29(7-3)30(31,8-4)28-26-24-14-12-10-6-2/h29H,5-28,31H2,1-4H3. The molecule has 0 aromatic rings. The molecule has 0 aromatic heterocycles. The molecule has 1 nitrogen and oxygen atoms in total. The van der Waals surface area contributed by atoms with Gasteiger partial charge in [0.1, 0.15) is 0 Å². The average molecular weight is 438 g/mol. The van der Waals surface area contributed by atoms with Crippen LogP contribution < -0.4 is 5.73 Å². The van der Waals surface area contributed by atoms with E-state index in [0.29, 0.717) is 0 Å². The minimum atomic E-state index is 0.0933. The van der Waals surface area contributed by atoms with Crippen LogP contribution in [-0.4, -0.2) is 5.54 Å². The van der Waals surface area contributed by atoms with E-state index in [4.69, 9.17) is 5.73 Å². The second-order valence-electron chi connectivity index (χ2n) is 10.6. The van der Waals surface area contributed by atoms with Crippen molar-refractivity contribution in [1.82, 2.24) is 0 Å². The molecule has 0 radical (unpaired) electrons. The lowest BCUT2D eigenvalue weighted by atomic mass is 9.74. The van der Waals surface area contributed by atoms with Crippen molar-refractivity contribution in [2.24, 2.45) is 11.7 Å². The summed E-state index contributed by atoms with van der Waals surface area (Å²) in [4.78, 5) is 0. The summed E-state index contributed by atoms with van der Waals surface area (Å²) in [6, 6.07) is 0. The van der Waals surface area contributed by atoms with E-state index >= 15 is 0 Å². The van der Waals surface area contributed by atoms with Gasteiger partial charge in [-0.1, -0.05) is 163 Å². The lowest BCUT2D eigenvalue weighted by Crippen LogP contribution is -2.46. The molecule has 31 heavy (non-hydrogen) atoms. The minimum Gasteiger partial charge on any atom is -0.325 e. The van der Waals surface area contributed by atoms with Crippen molar-refractivity contribution in [3.63, 3.8) is 0 Å². The third-order valence-corrected chi connectivity index (χ3v) is 7.87. The molecule has 0 saturated heterocycles. The van der Waals surface area contributed by atoms with Gasteiger partial charge in [-0.3, -0.25) is 0 Å². The number of rotatable bonds is 25. The molecular weight excluding hydrogens is 374 g/mol. The van der Waals surface area contributed by atoms with Crippen molar-refractivity contribution >= 4 is 0 Å². The third-order valence-electron chi connectivity index (χ3n) is 7.87. The molecule has 0 bridgehead atoms. The Morgan fingerprint density at radius 3 is 1.19 bits per heavy atom. The Morgan fingerprint density at radius 2 is 0.839 bits per heavy atom. The van der Waals surface area contributed by atoms with Crippen LogP contribution in [0.1, 0.15) is 182 Å². The molecule has 2 unspecified atom stereocenters. The number of nitrogens with two attached hydrogens (primary N) is 1. The number of hydrogen-bond donors (Lipinski definition) is 1. The minimum absolute atomic E-state index is 0.0933. The summed E-state index contributed by atoms with van der Waals surface area (Å²) in [7, 11) is 0. The van der Waals surface area contributed by atoms with Gasteiger partial charge in [-0.15, -0.1) is 0 Å². The van der Waals surface area contributed by atoms with Crippen LogP contribution in [-0.2, 0) is 0 Å². The maximum Gasteiger partial charge on any atom is 0.0180 e. The molecule has 0 spiro atoms. The van der Waals surface area contributed by atoms with E-state index in [1.54, 1.807) is 0 Å². The van der Waals surface area contributed by atoms with Gasteiger partial charge in [0.15, 0.2) is 0 Å². The van der Waals surface area contributed by atoms with E-state index in [2.05, 4.69) is 27.7 Å². The molecule has 2 atom stereocenters. The highest BCUT2D eigenvalue weighted by Crippen LogP contribution is 2.32. The zero-order chi connectivity index (χ0) is 23.0. The van der Waals surface area contributed by atoms with Gasteiger partial charge in [0, 0.05) is 5.54 Å². The van der Waals surface area contributed by atoms with Crippen LogP contribution in [0.4, 0.5) is 0 Å². The van der Waals surface area contributed by atoms with E-state index in [1.165, 1.54) is 148 Å². The van der Waals surface area contributed by atoms with E-state index in [1.807, 2.05) is 0 Å². The molecule has 0 saturated carbocycles. The van der Waals surface area contributed by atoms with E-state index in [0.717, 1.165) is 12.3 Å². The maximum absolute atomic E-state index is 6.95. The monoisotopic (exact) mass is 437 g/mol. The Bertz CT molecular complexity index is 339. The Balaban J connectivity index is 3.70. The van der Waals surface area contributed by atoms with Gasteiger partial charge in [0.05, 0.1) is 0 Å². The topological polar surface area (TPSA) is 26.0 Å². The van der Waals surface area contributed by atoms with Gasteiger partial charge >= 0.3 is 0 Å². The predicted octanol–water partition coefficient (Wildman–Crippen LogP) is 10.7. The van der Waals surface area contributed by atoms with Gasteiger partial charge in [-0.25, -0.2) is 0 Å². The summed E-state index contributed by atoms with van der Waals surface area (Å²) >= 11 is 0. The first-order valence-electron chi connectivity index (χ1n) is 14.9. The quantitative estimate of drug-likeness (QED) is 0.141. The van der Waals surface area contributed by atoms with Crippen molar-refractivity contribution in [3.05, 3.63) is 0 Å². The van der Waals surface area contributed by atoms with Gasteiger partial charge in [0.25, 0.3) is 0 Å². The van der Waals surface area contributed by atoms with Crippen LogP contribution in [0.3, 0.4) is 0 Å². The van der Waals surface area contributed by atoms with Gasteiger partial charge < -0.3 is 5.73 Å². The lowest BCUT2D eigenvalue weighted by Gasteiger charge is -2.37. The van der Waals surface area contributed by atoms with Crippen LogP contribution in [0.2, 0.25) is 0 Å². The van der Waals surface area contributed by atoms with E-state index in [9.17, 15) is 0 Å². The fraction of sp³-hybridized carbons (Fsp3) is 1.00. The molecule has 1 heteroatoms. The van der Waals surface area contributed by atoms with Gasteiger partial charge in [-0.05, 0) is 25.2 Å². The molecule has 0 fully saturated rings. The van der Waals surface area contributed by atoms with Crippen molar-refractivity contribution in [2.45, 2.75) is 187 Å². The molecule has 0 aliphatic heterocycles. The first kappa shape index (κ1) is 31.0. The molecule has 0 aliphatic rings. The molecule has 0 aliphatic carbocycles. The molecular formula is C30H63N. The van der Waals surface area contributed by atoms with E-state index in [-0.39, 0.29) is 5.54 Å². The fourth-order valence-electron chi connectivity index (χ4n) is 5.39. The van der Waals surface area contributed by atoms with Crippen LogP contribution in [0.15, 0.2) is 0 Å². The van der Waals surface area contributed by atoms with Gasteiger partial charge in [0.2, 0.25) is 0 Å². The van der Waals surface area contributed by atoms with Crippen LogP contribution in [0.5, 0.6) is 0 Å². The summed E-state index contributed by atoms with van der Waals surface area (Å²) in [5, 5.41) is 0. The highest BCUT2D eigenvalue weighted by molar-refractivity contribution is 4.89. The molecule has 0 rings (SSSR count). The highest BCUT2D eigenvalue weighted by atomic mass is 14.8. The molecule has 188 valence electrons. The second kappa shape index (κ2) is 23.1. The third kappa shape index (κ3) is 18.1. The summed E-state index contributed by atoms with van der Waals surface area (Å²) < 4.78 is 0. The number of unbranched alkanes of at least 4 members (excludes halogenated alkanes) is 18. The first-order valence-corrected chi connectivity index (χ1v) is 14.9. The molecule has 2 N–H and O–H groups in total. The van der Waals surface area contributed by atoms with Crippen molar-refractivity contribution < 1.29 is 0 Å². The molecule has 0 heterocycles. The summed E-state index contributed by atoms with van der Waals surface area (Å²) in [6.45, 7) is 9.29. The van der Waals surface area contributed by atoms with Crippen LogP contribution in [0, 0.1) is 5.92 Å². The normalized spacial score (nSPS) is 14.6. The average Bonchev–Trinajstić information content (AvgIpc) is 2.78. The Morgan fingerprint density at radius 1 is 0.484 bits per heavy atom. The maximum atomic E-state index is 6.95.